The Balaban J connectivity index is 1.53. The predicted molar refractivity (Wildman–Crippen MR) is 112 cm³/mol. The van der Waals surface area contributed by atoms with Gasteiger partial charge in [-0.05, 0) is 41.0 Å². The Bertz CT molecular complexity index is 968. The van der Waals surface area contributed by atoms with E-state index in [0.717, 1.165) is 22.4 Å². The van der Waals surface area contributed by atoms with Gasteiger partial charge in [0.15, 0.2) is 6.61 Å². The van der Waals surface area contributed by atoms with E-state index in [4.69, 9.17) is 9.47 Å². The second-order valence-corrected chi connectivity index (χ2v) is 6.62. The van der Waals surface area contributed by atoms with Gasteiger partial charge in [0.25, 0.3) is 5.91 Å². The van der Waals surface area contributed by atoms with Crippen molar-refractivity contribution >= 4 is 11.9 Å². The molecule has 148 valence electrons. The number of nitrogens with zero attached hydrogens (tertiary/aromatic N) is 1. The predicted octanol–water partition coefficient (Wildman–Crippen LogP) is 4.18. The van der Waals surface area contributed by atoms with Gasteiger partial charge in [-0.2, -0.15) is 0 Å². The van der Waals surface area contributed by atoms with Crippen LogP contribution in [0.4, 0.5) is 0 Å². The first-order chi connectivity index (χ1) is 14.1. The fourth-order valence-corrected chi connectivity index (χ4v) is 2.88. The monoisotopic (exact) mass is 389 g/mol. The van der Waals surface area contributed by atoms with E-state index < -0.39 is 5.97 Å². The van der Waals surface area contributed by atoms with Crippen LogP contribution in [-0.2, 0) is 16.1 Å². The van der Waals surface area contributed by atoms with Crippen molar-refractivity contribution in [1.29, 1.82) is 0 Å². The molecule has 0 atom stereocenters. The van der Waals surface area contributed by atoms with Gasteiger partial charge in [-0.15, -0.1) is 0 Å². The van der Waals surface area contributed by atoms with E-state index in [-0.39, 0.29) is 12.5 Å². The third kappa shape index (κ3) is 5.45. The molecule has 3 aromatic rings. The number of methoxy groups -OCH3 is 1. The highest BCUT2D eigenvalue weighted by atomic mass is 16.5. The first kappa shape index (κ1) is 20.1. The fourth-order valence-electron chi connectivity index (χ4n) is 2.88. The molecule has 0 bridgehead atoms. The Morgan fingerprint density at radius 2 is 1.55 bits per heavy atom. The summed E-state index contributed by atoms with van der Waals surface area (Å²) in [6.07, 6.45) is 0. The van der Waals surface area contributed by atoms with E-state index in [1.165, 1.54) is 4.90 Å². The first-order valence-corrected chi connectivity index (χ1v) is 9.26. The fraction of sp³-hybridized carbons (Fsp3) is 0.167. The summed E-state index contributed by atoms with van der Waals surface area (Å²) in [7, 11) is 3.27. The average Bonchev–Trinajstić information content (AvgIpc) is 2.78. The molecule has 5 nitrogen and oxygen atoms in total. The van der Waals surface area contributed by atoms with E-state index in [9.17, 15) is 9.59 Å². The number of likely N-dealkylation sites (N-methyl/N-ethyl adjacent to an activating group) is 1. The van der Waals surface area contributed by atoms with E-state index in [1.807, 2.05) is 66.7 Å². The van der Waals surface area contributed by atoms with E-state index in [1.54, 1.807) is 26.3 Å². The van der Waals surface area contributed by atoms with Crippen molar-refractivity contribution in [2.45, 2.75) is 6.54 Å². The number of carbonyl (C=O) groups is 2. The van der Waals surface area contributed by atoms with Crippen molar-refractivity contribution in [3.05, 3.63) is 90.0 Å². The van der Waals surface area contributed by atoms with Gasteiger partial charge in [0, 0.05) is 13.6 Å². The lowest BCUT2D eigenvalue weighted by Gasteiger charge is -2.17. The number of hydrogen-bond donors (Lipinski definition) is 0. The molecule has 29 heavy (non-hydrogen) atoms. The average molecular weight is 389 g/mol. The van der Waals surface area contributed by atoms with E-state index >= 15 is 0 Å². The molecule has 3 rings (SSSR count). The zero-order valence-corrected chi connectivity index (χ0v) is 16.5. The summed E-state index contributed by atoms with van der Waals surface area (Å²) in [6, 6.07) is 24.5. The summed E-state index contributed by atoms with van der Waals surface area (Å²) in [5, 5.41) is 0. The maximum Gasteiger partial charge on any atom is 0.338 e. The molecule has 0 spiro atoms. The molecule has 0 fully saturated rings. The molecular formula is C24H23NO4. The van der Waals surface area contributed by atoms with Crippen molar-refractivity contribution in [2.75, 3.05) is 20.8 Å². The quantitative estimate of drug-likeness (QED) is 0.569. The molecule has 0 aliphatic carbocycles. The number of rotatable bonds is 7. The maximum atomic E-state index is 12.3. The minimum absolute atomic E-state index is 0.276. The standard InChI is InChI=1S/C24H23NO4/c1-25(16-18-7-6-10-22(15-18)28-2)23(26)17-29-24(27)21-13-11-20(12-14-21)19-8-4-3-5-9-19/h3-15H,16-17H2,1-2H3. The number of esters is 1. The van der Waals surface area contributed by atoms with Gasteiger partial charge in [-0.1, -0.05) is 54.6 Å². The Morgan fingerprint density at radius 3 is 2.24 bits per heavy atom. The molecule has 1 amide bonds. The Hall–Kier alpha value is -3.60. The van der Waals surface area contributed by atoms with Crippen molar-refractivity contribution in [1.82, 2.24) is 4.90 Å². The molecular weight excluding hydrogens is 366 g/mol. The zero-order valence-electron chi connectivity index (χ0n) is 16.5. The Kier molecular flexibility index (Phi) is 6.63. The highest BCUT2D eigenvalue weighted by Crippen LogP contribution is 2.19. The molecule has 0 aliphatic rings. The number of amides is 1. The molecule has 3 aromatic carbocycles. The lowest BCUT2D eigenvalue weighted by molar-refractivity contribution is -0.133. The van der Waals surface area contributed by atoms with Crippen LogP contribution in [0.1, 0.15) is 15.9 Å². The van der Waals surface area contributed by atoms with E-state index in [2.05, 4.69) is 0 Å². The van der Waals surface area contributed by atoms with Crippen LogP contribution in [-0.4, -0.2) is 37.5 Å². The molecule has 0 N–H and O–H groups in total. The maximum absolute atomic E-state index is 12.3. The summed E-state index contributed by atoms with van der Waals surface area (Å²) in [5.74, 6) is -0.0662. The SMILES string of the molecule is COc1cccc(CN(C)C(=O)COC(=O)c2ccc(-c3ccccc3)cc2)c1. The highest BCUT2D eigenvalue weighted by molar-refractivity contribution is 5.91. The van der Waals surface area contributed by atoms with Crippen LogP contribution in [0.25, 0.3) is 11.1 Å². The van der Waals surface area contributed by atoms with Crippen LogP contribution >= 0.6 is 0 Å². The van der Waals surface area contributed by atoms with Gasteiger partial charge >= 0.3 is 5.97 Å². The normalized spacial score (nSPS) is 10.3. The minimum atomic E-state index is -0.521. The van der Waals surface area contributed by atoms with Gasteiger partial charge in [0.2, 0.25) is 0 Å². The summed E-state index contributed by atoms with van der Waals surface area (Å²) >= 11 is 0. The third-order valence-electron chi connectivity index (χ3n) is 4.53. The lowest BCUT2D eigenvalue weighted by Crippen LogP contribution is -2.30. The smallest absolute Gasteiger partial charge is 0.338 e. The van der Waals surface area contributed by atoms with Crippen LogP contribution in [0.2, 0.25) is 0 Å². The minimum Gasteiger partial charge on any atom is -0.497 e. The van der Waals surface area contributed by atoms with Gasteiger partial charge in [-0.25, -0.2) is 4.79 Å². The molecule has 0 saturated carbocycles. The van der Waals surface area contributed by atoms with Crippen LogP contribution in [0.15, 0.2) is 78.9 Å². The van der Waals surface area contributed by atoms with Crippen molar-refractivity contribution in [3.63, 3.8) is 0 Å². The van der Waals surface area contributed by atoms with Gasteiger partial charge in [-0.3, -0.25) is 4.79 Å². The molecule has 0 saturated heterocycles. The summed E-state index contributed by atoms with van der Waals surface area (Å²) < 4.78 is 10.4. The van der Waals surface area contributed by atoms with E-state index in [0.29, 0.717) is 12.1 Å². The molecule has 5 heteroatoms. The first-order valence-electron chi connectivity index (χ1n) is 9.26. The number of ether oxygens (including phenoxy) is 2. The second kappa shape index (κ2) is 9.55. The van der Waals surface area contributed by atoms with Crippen LogP contribution in [0.3, 0.4) is 0 Å². The van der Waals surface area contributed by atoms with Crippen molar-refractivity contribution in [2.24, 2.45) is 0 Å². The number of benzene rings is 3. The molecule has 0 aliphatic heterocycles. The summed E-state index contributed by atoms with van der Waals surface area (Å²) in [6.45, 7) is 0.0963. The van der Waals surface area contributed by atoms with Gasteiger partial charge in [0.05, 0.1) is 12.7 Å². The Morgan fingerprint density at radius 1 is 0.862 bits per heavy atom. The molecule has 0 unspecified atom stereocenters. The summed E-state index contributed by atoms with van der Waals surface area (Å²) in [4.78, 5) is 26.1. The summed E-state index contributed by atoms with van der Waals surface area (Å²) in [5.41, 5.74) is 3.42. The van der Waals surface area contributed by atoms with Crippen LogP contribution < -0.4 is 4.74 Å². The van der Waals surface area contributed by atoms with Crippen molar-refractivity contribution in [3.8, 4) is 16.9 Å². The van der Waals surface area contributed by atoms with Gasteiger partial charge < -0.3 is 14.4 Å². The topological polar surface area (TPSA) is 55.8 Å². The molecule has 0 heterocycles. The Labute approximate surface area is 170 Å². The number of hydrogen-bond acceptors (Lipinski definition) is 4. The van der Waals surface area contributed by atoms with Crippen LogP contribution in [0, 0.1) is 0 Å². The zero-order chi connectivity index (χ0) is 20.6. The second-order valence-electron chi connectivity index (χ2n) is 6.62. The molecule has 0 aromatic heterocycles. The number of carbonyl (C=O) groups excluding carboxylic acids is 2. The lowest BCUT2D eigenvalue weighted by atomic mass is 10.0. The largest absolute Gasteiger partial charge is 0.497 e. The van der Waals surface area contributed by atoms with Crippen molar-refractivity contribution < 1.29 is 19.1 Å². The third-order valence-corrected chi connectivity index (χ3v) is 4.53. The van der Waals surface area contributed by atoms with Gasteiger partial charge in [0.1, 0.15) is 5.75 Å². The highest BCUT2D eigenvalue weighted by Gasteiger charge is 2.14. The van der Waals surface area contributed by atoms with Crippen LogP contribution in [0.5, 0.6) is 5.75 Å². The molecule has 0 radical (unpaired) electrons.